The Balaban J connectivity index is 1.71. The maximum absolute atomic E-state index is 11.9. The summed E-state index contributed by atoms with van der Waals surface area (Å²) in [5, 5.41) is 6.19. The van der Waals surface area contributed by atoms with E-state index < -0.39 is 0 Å². The zero-order valence-electron chi connectivity index (χ0n) is 10.1. The maximum atomic E-state index is 11.9. The van der Waals surface area contributed by atoms with Crippen LogP contribution >= 0.6 is 0 Å². The molecule has 2 amide bonds. The quantitative estimate of drug-likeness (QED) is 0.579. The van der Waals surface area contributed by atoms with Gasteiger partial charge in [-0.15, -0.1) is 0 Å². The van der Waals surface area contributed by atoms with Crippen molar-refractivity contribution in [2.45, 2.75) is 38.1 Å². The Hall–Kier alpha value is -1.10. The van der Waals surface area contributed by atoms with Crippen molar-refractivity contribution < 1.29 is 9.59 Å². The second-order valence-corrected chi connectivity index (χ2v) is 5.10. The van der Waals surface area contributed by atoms with Crippen molar-refractivity contribution >= 4 is 11.8 Å². The van der Waals surface area contributed by atoms with Crippen LogP contribution in [0.5, 0.6) is 0 Å². The van der Waals surface area contributed by atoms with E-state index in [0.717, 1.165) is 13.0 Å². The lowest BCUT2D eigenvalue weighted by Gasteiger charge is -2.17. The minimum absolute atomic E-state index is 0.0175. The molecule has 0 aromatic carbocycles. The molecule has 96 valence electrons. The largest absolute Gasteiger partial charge is 0.370 e. The van der Waals surface area contributed by atoms with Crippen molar-refractivity contribution in [1.29, 1.82) is 0 Å². The summed E-state index contributed by atoms with van der Waals surface area (Å²) in [6.45, 7) is 1.52. The maximum Gasteiger partial charge on any atom is 0.237 e. The van der Waals surface area contributed by atoms with Crippen molar-refractivity contribution in [1.82, 2.24) is 10.6 Å². The third-order valence-electron chi connectivity index (χ3n) is 3.93. The van der Waals surface area contributed by atoms with Crippen molar-refractivity contribution in [3.05, 3.63) is 0 Å². The highest BCUT2D eigenvalue weighted by Gasteiger charge is 2.42. The van der Waals surface area contributed by atoms with Crippen LogP contribution in [-0.2, 0) is 9.59 Å². The van der Waals surface area contributed by atoms with E-state index in [1.807, 2.05) is 0 Å². The number of rotatable bonds is 5. The molecule has 5 nitrogen and oxygen atoms in total. The minimum atomic E-state index is -0.311. The van der Waals surface area contributed by atoms with Crippen LogP contribution in [0.2, 0.25) is 0 Å². The number of primary amides is 1. The average molecular weight is 239 g/mol. The summed E-state index contributed by atoms with van der Waals surface area (Å²) in [5.74, 6) is 0.987. The summed E-state index contributed by atoms with van der Waals surface area (Å²) in [6.07, 6.45) is 4.63. The van der Waals surface area contributed by atoms with E-state index in [2.05, 4.69) is 10.6 Å². The third kappa shape index (κ3) is 2.97. The lowest BCUT2D eigenvalue weighted by Crippen LogP contribution is -2.44. The van der Waals surface area contributed by atoms with E-state index in [1.54, 1.807) is 0 Å². The highest BCUT2D eigenvalue weighted by Crippen LogP contribution is 2.37. The number of hydrogen-bond donors (Lipinski definition) is 3. The molecular formula is C12H21N3O2. The van der Waals surface area contributed by atoms with Gasteiger partial charge in [0.25, 0.3) is 0 Å². The van der Waals surface area contributed by atoms with Crippen LogP contribution in [0.3, 0.4) is 0 Å². The summed E-state index contributed by atoms with van der Waals surface area (Å²) in [4.78, 5) is 22.5. The molecule has 1 heterocycles. The molecule has 0 radical (unpaired) electrons. The van der Waals surface area contributed by atoms with Gasteiger partial charge in [-0.1, -0.05) is 6.42 Å². The zero-order valence-corrected chi connectivity index (χ0v) is 10.1. The molecule has 1 saturated carbocycles. The molecule has 0 spiro atoms. The second-order valence-electron chi connectivity index (χ2n) is 5.10. The Morgan fingerprint density at radius 2 is 2.18 bits per heavy atom. The van der Waals surface area contributed by atoms with Crippen LogP contribution in [0.25, 0.3) is 0 Å². The van der Waals surface area contributed by atoms with Crippen LogP contribution in [-0.4, -0.2) is 30.9 Å². The molecule has 3 atom stereocenters. The predicted molar refractivity (Wildman–Crippen MR) is 64.1 cm³/mol. The standard InChI is InChI=1S/C12H21N3O2/c13-10(16)5-2-6-14-12(17)11-9-4-1-3-8(9)7-15-11/h8-9,11,15H,1-7H2,(H2,13,16)(H,14,17). The molecule has 1 saturated heterocycles. The van der Waals surface area contributed by atoms with Crippen LogP contribution in [0.4, 0.5) is 0 Å². The lowest BCUT2D eigenvalue weighted by molar-refractivity contribution is -0.124. The second kappa shape index (κ2) is 5.49. The highest BCUT2D eigenvalue weighted by atomic mass is 16.2. The van der Waals surface area contributed by atoms with Crippen LogP contribution in [0, 0.1) is 11.8 Å². The van der Waals surface area contributed by atoms with Crippen LogP contribution in [0.1, 0.15) is 32.1 Å². The fraction of sp³-hybridized carbons (Fsp3) is 0.833. The molecule has 0 aromatic heterocycles. The Labute approximate surface area is 102 Å². The number of hydrogen-bond acceptors (Lipinski definition) is 3. The van der Waals surface area contributed by atoms with Crippen molar-refractivity contribution in [3.63, 3.8) is 0 Å². The van der Waals surface area contributed by atoms with E-state index >= 15 is 0 Å². The van der Waals surface area contributed by atoms with E-state index in [1.165, 1.54) is 12.8 Å². The van der Waals surface area contributed by atoms with Gasteiger partial charge in [0.1, 0.15) is 0 Å². The molecule has 1 aliphatic carbocycles. The molecule has 1 aliphatic heterocycles. The Bertz CT molecular complexity index is 306. The molecule has 2 rings (SSSR count). The SMILES string of the molecule is NC(=O)CCCNC(=O)C1NCC2CCCC21. The van der Waals surface area contributed by atoms with Gasteiger partial charge in [-0.3, -0.25) is 9.59 Å². The summed E-state index contributed by atoms with van der Waals surface area (Å²) < 4.78 is 0. The Morgan fingerprint density at radius 3 is 2.94 bits per heavy atom. The molecule has 0 bridgehead atoms. The fourth-order valence-corrected chi connectivity index (χ4v) is 3.06. The van der Waals surface area contributed by atoms with Crippen molar-refractivity contribution in [2.24, 2.45) is 17.6 Å². The zero-order chi connectivity index (χ0) is 12.3. The highest BCUT2D eigenvalue weighted by molar-refractivity contribution is 5.82. The first-order valence-corrected chi connectivity index (χ1v) is 6.48. The van der Waals surface area contributed by atoms with Gasteiger partial charge >= 0.3 is 0 Å². The fourth-order valence-electron chi connectivity index (χ4n) is 3.06. The van der Waals surface area contributed by atoms with Crippen molar-refractivity contribution in [2.75, 3.05) is 13.1 Å². The van der Waals surface area contributed by atoms with E-state index in [0.29, 0.717) is 31.2 Å². The number of amides is 2. The molecule has 5 heteroatoms. The van der Waals surface area contributed by atoms with Crippen molar-refractivity contribution in [3.8, 4) is 0 Å². The number of nitrogens with one attached hydrogen (secondary N) is 2. The van der Waals surface area contributed by atoms with Crippen LogP contribution in [0.15, 0.2) is 0 Å². The molecule has 17 heavy (non-hydrogen) atoms. The normalized spacial score (nSPS) is 31.2. The number of carbonyl (C=O) groups is 2. The first-order valence-electron chi connectivity index (χ1n) is 6.48. The summed E-state index contributed by atoms with van der Waals surface area (Å²) >= 11 is 0. The summed E-state index contributed by atoms with van der Waals surface area (Å²) in [6, 6.07) is -0.0175. The van der Waals surface area contributed by atoms with Gasteiger partial charge in [-0.2, -0.15) is 0 Å². The van der Waals surface area contributed by atoms with Gasteiger partial charge < -0.3 is 16.4 Å². The van der Waals surface area contributed by atoms with Gasteiger partial charge in [-0.25, -0.2) is 0 Å². The van der Waals surface area contributed by atoms with Gasteiger partial charge in [0.2, 0.25) is 11.8 Å². The van der Waals surface area contributed by atoms with E-state index in [-0.39, 0.29) is 17.9 Å². The molecule has 4 N–H and O–H groups in total. The molecular weight excluding hydrogens is 218 g/mol. The van der Waals surface area contributed by atoms with E-state index in [4.69, 9.17) is 5.73 Å². The Kier molecular flexibility index (Phi) is 3.99. The first kappa shape index (κ1) is 12.4. The lowest BCUT2D eigenvalue weighted by atomic mass is 9.93. The van der Waals surface area contributed by atoms with Crippen LogP contribution < -0.4 is 16.4 Å². The topological polar surface area (TPSA) is 84.2 Å². The molecule has 2 aliphatic rings. The average Bonchev–Trinajstić information content (AvgIpc) is 2.85. The van der Waals surface area contributed by atoms with Gasteiger partial charge in [0, 0.05) is 13.0 Å². The Morgan fingerprint density at radius 1 is 1.35 bits per heavy atom. The van der Waals surface area contributed by atoms with E-state index in [9.17, 15) is 9.59 Å². The monoisotopic (exact) mass is 239 g/mol. The predicted octanol–water partition coefficient (Wildman–Crippen LogP) is -0.244. The number of fused-ring (bicyclic) bond motifs is 1. The van der Waals surface area contributed by atoms with Gasteiger partial charge in [-0.05, 0) is 37.6 Å². The van der Waals surface area contributed by atoms with Gasteiger partial charge in [0.05, 0.1) is 6.04 Å². The molecule has 0 aromatic rings. The smallest absolute Gasteiger partial charge is 0.237 e. The van der Waals surface area contributed by atoms with Gasteiger partial charge in [0.15, 0.2) is 0 Å². The minimum Gasteiger partial charge on any atom is -0.370 e. The molecule has 3 unspecified atom stereocenters. The summed E-state index contributed by atoms with van der Waals surface area (Å²) in [7, 11) is 0. The third-order valence-corrected chi connectivity index (χ3v) is 3.93. The first-order chi connectivity index (χ1) is 8.18. The summed E-state index contributed by atoms with van der Waals surface area (Å²) in [5.41, 5.74) is 5.04. The molecule has 2 fully saturated rings. The number of carbonyl (C=O) groups excluding carboxylic acids is 2. The number of nitrogens with two attached hydrogens (primary N) is 1.